The zero-order valence-corrected chi connectivity index (χ0v) is 13.1. The fourth-order valence-electron chi connectivity index (χ4n) is 2.17. The Balaban J connectivity index is 1.81. The Kier molecular flexibility index (Phi) is 5.41. The van der Waals surface area contributed by atoms with Gasteiger partial charge < -0.3 is 19.6 Å². The summed E-state index contributed by atoms with van der Waals surface area (Å²) < 4.78 is 10.4. The molecule has 1 heterocycles. The van der Waals surface area contributed by atoms with Crippen LogP contribution in [-0.4, -0.2) is 30.1 Å². The number of carboxylic acid groups (broad SMARTS) is 1. The van der Waals surface area contributed by atoms with E-state index in [0.717, 1.165) is 5.56 Å². The number of rotatable bonds is 7. The molecule has 0 fully saturated rings. The van der Waals surface area contributed by atoms with Crippen LogP contribution in [0.3, 0.4) is 0 Å². The van der Waals surface area contributed by atoms with Crippen LogP contribution >= 0.6 is 0 Å². The zero-order chi connectivity index (χ0) is 16.8. The molecule has 0 radical (unpaired) electrons. The lowest BCUT2D eigenvalue weighted by atomic mass is 10.1. The van der Waals surface area contributed by atoms with Gasteiger partial charge in [-0.3, -0.25) is 4.79 Å². The molecule has 0 spiro atoms. The molecular weight excluding hydrogens is 298 g/mol. The second-order valence-corrected chi connectivity index (χ2v) is 5.16. The lowest BCUT2D eigenvalue weighted by molar-refractivity contribution is -0.139. The highest BCUT2D eigenvalue weighted by molar-refractivity contribution is 5.95. The highest BCUT2D eigenvalue weighted by Crippen LogP contribution is 2.14. The van der Waals surface area contributed by atoms with Gasteiger partial charge in [0.15, 0.2) is 6.61 Å². The molecule has 0 aliphatic rings. The SMILES string of the molecule is Cc1cc(C(=O)NCCc2ccc(OCC(=O)O)cc2)c(C)o1. The smallest absolute Gasteiger partial charge is 0.341 e. The Morgan fingerprint density at radius 3 is 2.48 bits per heavy atom. The first-order chi connectivity index (χ1) is 11.0. The molecule has 0 aliphatic carbocycles. The maximum atomic E-state index is 12.0. The molecule has 2 N–H and O–H groups in total. The van der Waals surface area contributed by atoms with Crippen LogP contribution in [0.25, 0.3) is 0 Å². The number of aliphatic carboxylic acids is 1. The summed E-state index contributed by atoms with van der Waals surface area (Å²) >= 11 is 0. The second kappa shape index (κ2) is 7.49. The third kappa shape index (κ3) is 4.88. The van der Waals surface area contributed by atoms with Gasteiger partial charge in [0.25, 0.3) is 5.91 Å². The minimum Gasteiger partial charge on any atom is -0.482 e. The number of carbonyl (C=O) groups excluding carboxylic acids is 1. The van der Waals surface area contributed by atoms with Crippen LogP contribution in [-0.2, 0) is 11.2 Å². The molecule has 0 atom stereocenters. The number of furan rings is 1. The van der Waals surface area contributed by atoms with Crippen molar-refractivity contribution in [3.63, 3.8) is 0 Å². The van der Waals surface area contributed by atoms with E-state index in [1.165, 1.54) is 0 Å². The summed E-state index contributed by atoms with van der Waals surface area (Å²) in [4.78, 5) is 22.4. The first kappa shape index (κ1) is 16.6. The minimum absolute atomic E-state index is 0.152. The monoisotopic (exact) mass is 317 g/mol. The average Bonchev–Trinajstić information content (AvgIpc) is 2.85. The number of hydrogen-bond donors (Lipinski definition) is 2. The summed E-state index contributed by atoms with van der Waals surface area (Å²) in [6.45, 7) is 3.70. The Hall–Kier alpha value is -2.76. The van der Waals surface area contributed by atoms with Crippen LogP contribution in [0.4, 0.5) is 0 Å². The van der Waals surface area contributed by atoms with E-state index in [9.17, 15) is 9.59 Å². The molecule has 2 aromatic rings. The molecule has 6 nitrogen and oxygen atoms in total. The molecule has 122 valence electrons. The van der Waals surface area contributed by atoms with E-state index >= 15 is 0 Å². The average molecular weight is 317 g/mol. The van der Waals surface area contributed by atoms with Gasteiger partial charge in [-0.25, -0.2) is 4.79 Å². The van der Waals surface area contributed by atoms with E-state index in [1.807, 2.05) is 12.1 Å². The molecule has 23 heavy (non-hydrogen) atoms. The predicted molar refractivity (Wildman–Crippen MR) is 83.8 cm³/mol. The number of ether oxygens (including phenoxy) is 1. The molecule has 0 saturated heterocycles. The fraction of sp³-hybridized carbons (Fsp3) is 0.294. The van der Waals surface area contributed by atoms with Gasteiger partial charge in [0, 0.05) is 6.54 Å². The van der Waals surface area contributed by atoms with Crippen molar-refractivity contribution in [2.24, 2.45) is 0 Å². The molecule has 0 unspecified atom stereocenters. The summed E-state index contributed by atoms with van der Waals surface area (Å²) in [7, 11) is 0. The van der Waals surface area contributed by atoms with E-state index < -0.39 is 5.97 Å². The van der Waals surface area contributed by atoms with Gasteiger partial charge in [0.1, 0.15) is 17.3 Å². The van der Waals surface area contributed by atoms with Crippen LogP contribution in [0, 0.1) is 13.8 Å². The van der Waals surface area contributed by atoms with Crippen molar-refractivity contribution in [2.75, 3.05) is 13.2 Å². The topological polar surface area (TPSA) is 88.8 Å². The Labute approximate surface area is 134 Å². The summed E-state index contributed by atoms with van der Waals surface area (Å²) in [6.07, 6.45) is 0.667. The van der Waals surface area contributed by atoms with Gasteiger partial charge >= 0.3 is 5.97 Å². The Morgan fingerprint density at radius 2 is 1.91 bits per heavy atom. The maximum Gasteiger partial charge on any atom is 0.341 e. The summed E-state index contributed by atoms with van der Waals surface area (Å²) in [5.41, 5.74) is 1.58. The number of aryl methyl sites for hydroxylation is 2. The maximum absolute atomic E-state index is 12.0. The summed E-state index contributed by atoms with van der Waals surface area (Å²) in [5, 5.41) is 11.4. The normalized spacial score (nSPS) is 10.3. The molecule has 1 aromatic carbocycles. The number of carboxylic acids is 1. The van der Waals surface area contributed by atoms with Crippen molar-refractivity contribution in [3.8, 4) is 5.75 Å². The molecular formula is C17H19NO5. The van der Waals surface area contributed by atoms with Crippen LogP contribution in [0.15, 0.2) is 34.7 Å². The lowest BCUT2D eigenvalue weighted by Crippen LogP contribution is -2.25. The largest absolute Gasteiger partial charge is 0.482 e. The number of carbonyl (C=O) groups is 2. The van der Waals surface area contributed by atoms with Crippen LogP contribution in [0.1, 0.15) is 27.4 Å². The number of hydrogen-bond acceptors (Lipinski definition) is 4. The van der Waals surface area contributed by atoms with E-state index in [1.54, 1.807) is 32.0 Å². The molecule has 0 bridgehead atoms. The van der Waals surface area contributed by atoms with Crippen LogP contribution < -0.4 is 10.1 Å². The predicted octanol–water partition coefficient (Wildman–Crippen LogP) is 2.33. The van der Waals surface area contributed by atoms with Crippen molar-refractivity contribution >= 4 is 11.9 Å². The van der Waals surface area contributed by atoms with Crippen molar-refractivity contribution in [1.82, 2.24) is 5.32 Å². The number of benzene rings is 1. The fourth-order valence-corrected chi connectivity index (χ4v) is 2.17. The van der Waals surface area contributed by atoms with Gasteiger partial charge in [-0.1, -0.05) is 12.1 Å². The molecule has 0 aliphatic heterocycles. The molecule has 2 rings (SSSR count). The van der Waals surface area contributed by atoms with Crippen LogP contribution in [0.5, 0.6) is 5.75 Å². The minimum atomic E-state index is -1.01. The first-order valence-corrected chi connectivity index (χ1v) is 7.24. The number of nitrogens with one attached hydrogen (secondary N) is 1. The lowest BCUT2D eigenvalue weighted by Gasteiger charge is -2.06. The highest BCUT2D eigenvalue weighted by Gasteiger charge is 2.12. The van der Waals surface area contributed by atoms with Gasteiger partial charge in [-0.15, -0.1) is 0 Å². The van der Waals surface area contributed by atoms with Crippen LogP contribution in [0.2, 0.25) is 0 Å². The third-order valence-electron chi connectivity index (χ3n) is 3.27. The summed E-state index contributed by atoms with van der Waals surface area (Å²) in [5.74, 6) is 0.663. The molecule has 6 heteroatoms. The molecule has 1 aromatic heterocycles. The Bertz CT molecular complexity index is 688. The second-order valence-electron chi connectivity index (χ2n) is 5.16. The van der Waals surface area contributed by atoms with E-state index in [2.05, 4.69) is 5.32 Å². The summed E-state index contributed by atoms with van der Waals surface area (Å²) in [6, 6.07) is 8.83. The van der Waals surface area contributed by atoms with Crippen molar-refractivity contribution in [3.05, 3.63) is 53.0 Å². The van der Waals surface area contributed by atoms with Crippen molar-refractivity contribution in [2.45, 2.75) is 20.3 Å². The molecule has 1 amide bonds. The van der Waals surface area contributed by atoms with Gasteiger partial charge in [-0.2, -0.15) is 0 Å². The first-order valence-electron chi connectivity index (χ1n) is 7.24. The van der Waals surface area contributed by atoms with Gasteiger partial charge in [0.05, 0.1) is 5.56 Å². The standard InChI is InChI=1S/C17H19NO5/c1-11-9-15(12(2)23-11)17(21)18-8-7-13-3-5-14(6-4-13)22-10-16(19)20/h3-6,9H,7-8,10H2,1-2H3,(H,18,21)(H,19,20). The number of amides is 1. The highest BCUT2D eigenvalue weighted by atomic mass is 16.5. The van der Waals surface area contributed by atoms with Crippen molar-refractivity contribution in [1.29, 1.82) is 0 Å². The van der Waals surface area contributed by atoms with Crippen molar-refractivity contribution < 1.29 is 23.8 Å². The Morgan fingerprint density at radius 1 is 1.22 bits per heavy atom. The van der Waals surface area contributed by atoms with E-state index in [-0.39, 0.29) is 12.5 Å². The van der Waals surface area contributed by atoms with E-state index in [4.69, 9.17) is 14.3 Å². The quantitative estimate of drug-likeness (QED) is 0.818. The molecule has 0 saturated carbocycles. The van der Waals surface area contributed by atoms with Gasteiger partial charge in [0.2, 0.25) is 0 Å². The van der Waals surface area contributed by atoms with E-state index in [0.29, 0.717) is 35.8 Å². The zero-order valence-electron chi connectivity index (χ0n) is 13.1. The van der Waals surface area contributed by atoms with Gasteiger partial charge in [-0.05, 0) is 44.0 Å². The third-order valence-corrected chi connectivity index (χ3v) is 3.27.